The van der Waals surface area contributed by atoms with Crippen LogP contribution in [0.2, 0.25) is 0 Å². The third-order valence-corrected chi connectivity index (χ3v) is 5.54. The molecule has 1 amide bonds. The monoisotopic (exact) mass is 380 g/mol. The molecule has 0 heterocycles. The smallest absolute Gasteiger partial charge is 0.239 e. The maximum atomic E-state index is 12.3. The predicted molar refractivity (Wildman–Crippen MR) is 110 cm³/mol. The van der Waals surface area contributed by atoms with Gasteiger partial charge in [-0.2, -0.15) is 4.31 Å². The number of hydrogen-bond donors (Lipinski definition) is 1. The molecular weight excluding hydrogens is 360 g/mol. The molecule has 1 N–H and O–H groups in total. The van der Waals surface area contributed by atoms with Crippen LogP contribution in [0.15, 0.2) is 78.2 Å². The van der Waals surface area contributed by atoms with Gasteiger partial charge < -0.3 is 5.32 Å². The molecule has 0 bridgehead atoms. The fraction of sp³-hybridized carbons (Fsp3) is 0.0952. The Hall–Kier alpha value is -2.96. The van der Waals surface area contributed by atoms with Gasteiger partial charge in [0.2, 0.25) is 15.9 Å². The van der Waals surface area contributed by atoms with Crippen LogP contribution in [0.5, 0.6) is 0 Å². The molecule has 0 unspecified atom stereocenters. The van der Waals surface area contributed by atoms with E-state index in [1.807, 2.05) is 54.6 Å². The summed E-state index contributed by atoms with van der Waals surface area (Å²) in [7, 11) is -2.31. The number of rotatable bonds is 6. The van der Waals surface area contributed by atoms with Crippen LogP contribution in [0.4, 0.5) is 5.69 Å². The minimum atomic E-state index is -3.69. The largest absolute Gasteiger partial charge is 0.325 e. The van der Waals surface area contributed by atoms with Gasteiger partial charge in [0, 0.05) is 18.1 Å². The van der Waals surface area contributed by atoms with Crippen LogP contribution in [-0.2, 0) is 14.8 Å². The third kappa shape index (κ3) is 5.03. The molecule has 0 saturated heterocycles. The van der Waals surface area contributed by atoms with E-state index in [2.05, 4.69) is 5.32 Å². The molecule has 5 nitrogen and oxygen atoms in total. The summed E-state index contributed by atoms with van der Waals surface area (Å²) in [6, 6.07) is 22.5. The Morgan fingerprint density at radius 2 is 1.63 bits per heavy atom. The van der Waals surface area contributed by atoms with Crippen molar-refractivity contribution in [2.45, 2.75) is 0 Å². The minimum Gasteiger partial charge on any atom is -0.325 e. The zero-order chi connectivity index (χ0) is 19.3. The summed E-state index contributed by atoms with van der Waals surface area (Å²) in [5.41, 5.74) is 1.40. The number of benzene rings is 3. The van der Waals surface area contributed by atoms with Gasteiger partial charge in [0.15, 0.2) is 0 Å². The highest BCUT2D eigenvalue weighted by Gasteiger charge is 2.17. The molecule has 0 aromatic heterocycles. The molecule has 3 rings (SSSR count). The number of carbonyl (C=O) groups excluding carboxylic acids is 1. The van der Waals surface area contributed by atoms with E-state index in [1.54, 1.807) is 18.2 Å². The van der Waals surface area contributed by atoms with Crippen molar-refractivity contribution < 1.29 is 13.2 Å². The maximum absolute atomic E-state index is 12.3. The Balaban J connectivity index is 1.64. The second kappa shape index (κ2) is 8.16. The highest BCUT2D eigenvalue weighted by Crippen LogP contribution is 2.18. The fourth-order valence-electron chi connectivity index (χ4n) is 2.59. The van der Waals surface area contributed by atoms with Gasteiger partial charge in [0.1, 0.15) is 0 Å². The summed E-state index contributed by atoms with van der Waals surface area (Å²) in [6.45, 7) is -0.270. The standard InChI is InChI=1S/C21H20N2O3S/c1-23(27(25,26)14-13-17-7-3-2-4-8-17)16-21(24)22-20-12-11-18-9-5-6-10-19(18)15-20/h2-15H,16H2,1H3,(H,22,24)/b14-13+. The number of sulfonamides is 1. The van der Waals surface area contributed by atoms with Crippen LogP contribution in [0.1, 0.15) is 5.56 Å². The van der Waals surface area contributed by atoms with E-state index < -0.39 is 15.9 Å². The molecule has 0 atom stereocenters. The van der Waals surface area contributed by atoms with Crippen molar-refractivity contribution in [3.05, 3.63) is 83.8 Å². The summed E-state index contributed by atoms with van der Waals surface area (Å²) >= 11 is 0. The molecule has 0 saturated carbocycles. The van der Waals surface area contributed by atoms with Crippen molar-refractivity contribution in [3.8, 4) is 0 Å². The maximum Gasteiger partial charge on any atom is 0.239 e. The SMILES string of the molecule is CN(CC(=O)Nc1ccc2ccccc2c1)S(=O)(=O)/C=C/c1ccccc1. The first-order valence-corrected chi connectivity index (χ1v) is 9.92. The quantitative estimate of drug-likeness (QED) is 0.709. The van der Waals surface area contributed by atoms with Gasteiger partial charge in [-0.05, 0) is 34.5 Å². The highest BCUT2D eigenvalue weighted by atomic mass is 32.2. The number of anilines is 1. The van der Waals surface area contributed by atoms with Gasteiger partial charge in [0.25, 0.3) is 0 Å². The lowest BCUT2D eigenvalue weighted by atomic mass is 10.1. The molecule has 138 valence electrons. The molecule has 27 heavy (non-hydrogen) atoms. The van der Waals surface area contributed by atoms with E-state index in [1.165, 1.54) is 13.1 Å². The Bertz CT molecular complexity index is 1080. The molecular formula is C21H20N2O3S. The van der Waals surface area contributed by atoms with E-state index in [-0.39, 0.29) is 6.54 Å². The zero-order valence-electron chi connectivity index (χ0n) is 14.9. The van der Waals surface area contributed by atoms with E-state index in [0.29, 0.717) is 5.69 Å². The summed E-state index contributed by atoms with van der Waals surface area (Å²) in [6.07, 6.45) is 1.51. The Morgan fingerprint density at radius 3 is 2.37 bits per heavy atom. The summed E-state index contributed by atoms with van der Waals surface area (Å²) in [4.78, 5) is 12.2. The highest BCUT2D eigenvalue weighted by molar-refractivity contribution is 7.92. The van der Waals surface area contributed by atoms with Crippen LogP contribution in [0, 0.1) is 0 Å². The van der Waals surface area contributed by atoms with Crippen LogP contribution >= 0.6 is 0 Å². The molecule has 0 aliphatic carbocycles. The summed E-state index contributed by atoms with van der Waals surface area (Å²) in [5, 5.41) is 5.92. The topological polar surface area (TPSA) is 66.5 Å². The minimum absolute atomic E-state index is 0.270. The number of amides is 1. The fourth-order valence-corrected chi connectivity index (χ4v) is 3.43. The average Bonchev–Trinajstić information content (AvgIpc) is 2.67. The second-order valence-corrected chi connectivity index (χ2v) is 8.05. The first kappa shape index (κ1) is 18.8. The first-order valence-electron chi connectivity index (χ1n) is 8.42. The van der Waals surface area contributed by atoms with Crippen molar-refractivity contribution in [2.24, 2.45) is 0 Å². The Morgan fingerprint density at radius 1 is 0.963 bits per heavy atom. The van der Waals surface area contributed by atoms with Gasteiger partial charge >= 0.3 is 0 Å². The number of carbonyl (C=O) groups is 1. The molecule has 6 heteroatoms. The third-order valence-electron chi connectivity index (χ3n) is 4.07. The lowest BCUT2D eigenvalue weighted by Gasteiger charge is -2.14. The molecule has 0 fully saturated rings. The van der Waals surface area contributed by atoms with Crippen LogP contribution in [0.25, 0.3) is 16.8 Å². The summed E-state index contributed by atoms with van der Waals surface area (Å²) in [5.74, 6) is -0.399. The van der Waals surface area contributed by atoms with E-state index in [0.717, 1.165) is 26.0 Å². The lowest BCUT2D eigenvalue weighted by molar-refractivity contribution is -0.116. The van der Waals surface area contributed by atoms with E-state index in [9.17, 15) is 13.2 Å². The van der Waals surface area contributed by atoms with Gasteiger partial charge in [-0.1, -0.05) is 60.7 Å². The summed E-state index contributed by atoms with van der Waals surface area (Å²) < 4.78 is 25.7. The van der Waals surface area contributed by atoms with E-state index in [4.69, 9.17) is 0 Å². The molecule has 0 spiro atoms. The predicted octanol–water partition coefficient (Wildman–Crippen LogP) is 3.71. The van der Waals surface area contributed by atoms with Crippen LogP contribution in [-0.4, -0.2) is 32.2 Å². The number of nitrogens with zero attached hydrogens (tertiary/aromatic N) is 1. The van der Waals surface area contributed by atoms with Crippen molar-refractivity contribution in [3.63, 3.8) is 0 Å². The van der Waals surface area contributed by atoms with Crippen molar-refractivity contribution in [1.82, 2.24) is 4.31 Å². The van der Waals surface area contributed by atoms with Gasteiger partial charge in [-0.15, -0.1) is 0 Å². The van der Waals surface area contributed by atoms with Crippen LogP contribution in [0.3, 0.4) is 0 Å². The number of nitrogens with one attached hydrogen (secondary N) is 1. The molecule has 3 aromatic carbocycles. The van der Waals surface area contributed by atoms with E-state index >= 15 is 0 Å². The Labute approximate surface area is 159 Å². The second-order valence-electron chi connectivity index (χ2n) is 6.12. The number of hydrogen-bond acceptors (Lipinski definition) is 3. The zero-order valence-corrected chi connectivity index (χ0v) is 15.7. The molecule has 0 radical (unpaired) electrons. The lowest BCUT2D eigenvalue weighted by Crippen LogP contribution is -2.33. The molecule has 0 aliphatic rings. The van der Waals surface area contributed by atoms with Crippen LogP contribution < -0.4 is 5.32 Å². The van der Waals surface area contributed by atoms with Crippen molar-refractivity contribution in [1.29, 1.82) is 0 Å². The molecule has 0 aliphatic heterocycles. The Kier molecular flexibility index (Phi) is 5.69. The first-order chi connectivity index (χ1) is 12.9. The number of likely N-dealkylation sites (N-methyl/N-ethyl adjacent to an activating group) is 1. The molecule has 3 aromatic rings. The van der Waals surface area contributed by atoms with Crippen molar-refractivity contribution >= 4 is 38.5 Å². The average molecular weight is 380 g/mol. The van der Waals surface area contributed by atoms with Gasteiger partial charge in [-0.3, -0.25) is 4.79 Å². The number of fused-ring (bicyclic) bond motifs is 1. The van der Waals surface area contributed by atoms with Crippen molar-refractivity contribution in [2.75, 3.05) is 18.9 Å². The van der Waals surface area contributed by atoms with Gasteiger partial charge in [-0.25, -0.2) is 8.42 Å². The van der Waals surface area contributed by atoms with Gasteiger partial charge in [0.05, 0.1) is 6.54 Å². The normalized spacial score (nSPS) is 11.9.